The summed E-state index contributed by atoms with van der Waals surface area (Å²) in [5, 5.41) is 2.71. The smallest absolute Gasteiger partial charge is 0.331 e. The molecular formula is C20H20FNO3. The van der Waals surface area contributed by atoms with Crippen molar-refractivity contribution in [2.45, 2.75) is 13.3 Å². The van der Waals surface area contributed by atoms with Crippen LogP contribution in [0.15, 0.2) is 54.6 Å². The van der Waals surface area contributed by atoms with Gasteiger partial charge in [-0.3, -0.25) is 4.79 Å². The van der Waals surface area contributed by atoms with Crippen LogP contribution in [-0.4, -0.2) is 25.0 Å². The lowest BCUT2D eigenvalue weighted by Gasteiger charge is -2.07. The molecular weight excluding hydrogens is 321 g/mol. The minimum atomic E-state index is -0.627. The van der Waals surface area contributed by atoms with Crippen LogP contribution >= 0.6 is 0 Å². The van der Waals surface area contributed by atoms with Gasteiger partial charge >= 0.3 is 5.97 Å². The maximum atomic E-state index is 12.8. The fourth-order valence-electron chi connectivity index (χ4n) is 2.20. The molecule has 1 amide bonds. The van der Waals surface area contributed by atoms with Crippen molar-refractivity contribution in [2.24, 2.45) is 0 Å². The van der Waals surface area contributed by atoms with E-state index in [2.05, 4.69) is 5.32 Å². The lowest BCUT2D eigenvalue weighted by atomic mass is 10.1. The number of amides is 1. The van der Waals surface area contributed by atoms with Crippen molar-refractivity contribution in [3.8, 4) is 0 Å². The van der Waals surface area contributed by atoms with Gasteiger partial charge in [0.15, 0.2) is 6.61 Å². The maximum absolute atomic E-state index is 12.8. The summed E-state index contributed by atoms with van der Waals surface area (Å²) in [4.78, 5) is 23.2. The molecule has 0 spiro atoms. The standard InChI is InChI=1S/C20H20FNO3/c1-15-4-2-3-5-17(15)12-13-22-19(23)14-25-20(24)11-8-16-6-9-18(21)10-7-16/h2-11H,12-14H2,1H3,(H,22,23)/b11-8+. The molecule has 5 heteroatoms. The monoisotopic (exact) mass is 341 g/mol. The zero-order valence-electron chi connectivity index (χ0n) is 14.0. The van der Waals surface area contributed by atoms with Crippen molar-refractivity contribution in [2.75, 3.05) is 13.2 Å². The molecule has 0 saturated carbocycles. The molecule has 0 heterocycles. The third kappa shape index (κ3) is 6.59. The van der Waals surface area contributed by atoms with Crippen LogP contribution in [0.4, 0.5) is 4.39 Å². The number of esters is 1. The number of carbonyl (C=O) groups excluding carboxylic acids is 2. The number of hydrogen-bond donors (Lipinski definition) is 1. The molecule has 2 rings (SSSR count). The lowest BCUT2D eigenvalue weighted by Crippen LogP contribution is -2.30. The number of nitrogens with one attached hydrogen (secondary N) is 1. The summed E-state index contributed by atoms with van der Waals surface area (Å²) in [5.74, 6) is -1.32. The van der Waals surface area contributed by atoms with Crippen LogP contribution in [0, 0.1) is 12.7 Å². The summed E-state index contributed by atoms with van der Waals surface area (Å²) in [7, 11) is 0. The molecule has 0 aromatic heterocycles. The molecule has 0 aliphatic heterocycles. The molecule has 4 nitrogen and oxygen atoms in total. The lowest BCUT2D eigenvalue weighted by molar-refractivity contribution is -0.143. The normalized spacial score (nSPS) is 10.6. The summed E-state index contributed by atoms with van der Waals surface area (Å²) in [6, 6.07) is 13.6. The number of benzene rings is 2. The van der Waals surface area contributed by atoms with Crippen LogP contribution in [0.25, 0.3) is 6.08 Å². The van der Waals surface area contributed by atoms with Crippen LogP contribution in [0.2, 0.25) is 0 Å². The third-order valence-electron chi connectivity index (χ3n) is 3.61. The summed E-state index contributed by atoms with van der Waals surface area (Å²) in [6.07, 6.45) is 3.42. The van der Waals surface area contributed by atoms with Crippen molar-refractivity contribution in [3.63, 3.8) is 0 Å². The molecule has 0 atom stereocenters. The van der Waals surface area contributed by atoms with E-state index >= 15 is 0 Å². The van der Waals surface area contributed by atoms with Crippen LogP contribution < -0.4 is 5.32 Å². The molecule has 0 unspecified atom stereocenters. The Morgan fingerprint density at radius 2 is 1.84 bits per heavy atom. The average Bonchev–Trinajstić information content (AvgIpc) is 2.61. The highest BCUT2D eigenvalue weighted by Crippen LogP contribution is 2.07. The Morgan fingerprint density at radius 3 is 2.56 bits per heavy atom. The molecule has 0 saturated heterocycles. The van der Waals surface area contributed by atoms with Crippen LogP contribution in [0.5, 0.6) is 0 Å². The molecule has 0 radical (unpaired) electrons. The van der Waals surface area contributed by atoms with E-state index in [9.17, 15) is 14.0 Å². The van der Waals surface area contributed by atoms with Crippen molar-refractivity contribution in [3.05, 3.63) is 77.1 Å². The first kappa shape index (κ1) is 18.4. The van der Waals surface area contributed by atoms with Gasteiger partial charge in [-0.25, -0.2) is 9.18 Å². The SMILES string of the molecule is Cc1ccccc1CCNC(=O)COC(=O)/C=C/c1ccc(F)cc1. The Hall–Kier alpha value is -2.95. The number of aryl methyl sites for hydroxylation is 1. The van der Waals surface area contributed by atoms with Gasteiger partial charge in [-0.1, -0.05) is 36.4 Å². The largest absolute Gasteiger partial charge is 0.452 e. The minimum Gasteiger partial charge on any atom is -0.452 e. The van der Waals surface area contributed by atoms with Gasteiger partial charge in [0.25, 0.3) is 5.91 Å². The van der Waals surface area contributed by atoms with E-state index in [0.29, 0.717) is 12.1 Å². The van der Waals surface area contributed by atoms with Crippen molar-refractivity contribution in [1.29, 1.82) is 0 Å². The predicted octanol–water partition coefficient (Wildman–Crippen LogP) is 3.05. The fraction of sp³-hybridized carbons (Fsp3) is 0.200. The second-order valence-electron chi connectivity index (χ2n) is 5.52. The predicted molar refractivity (Wildman–Crippen MR) is 94.3 cm³/mol. The molecule has 2 aromatic rings. The van der Waals surface area contributed by atoms with E-state index in [-0.39, 0.29) is 18.3 Å². The van der Waals surface area contributed by atoms with Gasteiger partial charge in [-0.15, -0.1) is 0 Å². The molecule has 25 heavy (non-hydrogen) atoms. The zero-order chi connectivity index (χ0) is 18.1. The number of ether oxygens (including phenoxy) is 1. The first-order valence-corrected chi connectivity index (χ1v) is 7.96. The second kappa shape index (κ2) is 9.37. The maximum Gasteiger partial charge on any atom is 0.331 e. The first-order chi connectivity index (χ1) is 12.0. The van der Waals surface area contributed by atoms with Crippen LogP contribution in [0.3, 0.4) is 0 Å². The van der Waals surface area contributed by atoms with E-state index < -0.39 is 5.97 Å². The first-order valence-electron chi connectivity index (χ1n) is 7.96. The highest BCUT2D eigenvalue weighted by Gasteiger charge is 2.05. The fourth-order valence-corrected chi connectivity index (χ4v) is 2.20. The Morgan fingerprint density at radius 1 is 1.12 bits per heavy atom. The van der Waals surface area contributed by atoms with Gasteiger partial charge in [0.1, 0.15) is 5.82 Å². The Bertz CT molecular complexity index is 754. The van der Waals surface area contributed by atoms with Gasteiger partial charge < -0.3 is 10.1 Å². The molecule has 0 aliphatic rings. The molecule has 2 aromatic carbocycles. The number of halogens is 1. The Kier molecular flexibility index (Phi) is 6.89. The van der Waals surface area contributed by atoms with Gasteiger partial charge in [-0.05, 0) is 48.2 Å². The highest BCUT2D eigenvalue weighted by molar-refractivity contribution is 5.89. The molecule has 130 valence electrons. The van der Waals surface area contributed by atoms with E-state index in [1.54, 1.807) is 0 Å². The van der Waals surface area contributed by atoms with Gasteiger partial charge in [0.05, 0.1) is 0 Å². The molecule has 0 bridgehead atoms. The van der Waals surface area contributed by atoms with Gasteiger partial charge in [0.2, 0.25) is 0 Å². The summed E-state index contributed by atoms with van der Waals surface area (Å²) >= 11 is 0. The quantitative estimate of drug-likeness (QED) is 0.622. The number of rotatable bonds is 7. The van der Waals surface area contributed by atoms with E-state index in [1.807, 2.05) is 31.2 Å². The van der Waals surface area contributed by atoms with Crippen LogP contribution in [-0.2, 0) is 20.7 Å². The summed E-state index contributed by atoms with van der Waals surface area (Å²) in [6.45, 7) is 2.17. The highest BCUT2D eigenvalue weighted by atomic mass is 19.1. The average molecular weight is 341 g/mol. The minimum absolute atomic E-state index is 0.333. The molecule has 0 aliphatic carbocycles. The van der Waals surface area contributed by atoms with Crippen molar-refractivity contribution in [1.82, 2.24) is 5.32 Å². The number of carbonyl (C=O) groups is 2. The van der Waals surface area contributed by atoms with E-state index in [4.69, 9.17) is 4.74 Å². The Balaban J connectivity index is 1.68. The van der Waals surface area contributed by atoms with E-state index in [0.717, 1.165) is 6.42 Å². The Labute approximate surface area is 146 Å². The third-order valence-corrected chi connectivity index (χ3v) is 3.61. The second-order valence-corrected chi connectivity index (χ2v) is 5.52. The van der Waals surface area contributed by atoms with Crippen molar-refractivity contribution < 1.29 is 18.7 Å². The summed E-state index contributed by atoms with van der Waals surface area (Å²) < 4.78 is 17.6. The van der Waals surface area contributed by atoms with Gasteiger partial charge in [0, 0.05) is 12.6 Å². The molecule has 0 fully saturated rings. The summed E-state index contributed by atoms with van der Waals surface area (Å²) in [5.41, 5.74) is 3.01. The van der Waals surface area contributed by atoms with Gasteiger partial charge in [-0.2, -0.15) is 0 Å². The number of hydrogen-bond acceptors (Lipinski definition) is 3. The van der Waals surface area contributed by atoms with Crippen LogP contribution in [0.1, 0.15) is 16.7 Å². The molecule has 1 N–H and O–H groups in total. The topological polar surface area (TPSA) is 55.4 Å². The zero-order valence-corrected chi connectivity index (χ0v) is 14.0. The van der Waals surface area contributed by atoms with Crippen molar-refractivity contribution >= 4 is 18.0 Å². The van der Waals surface area contributed by atoms with E-state index in [1.165, 1.54) is 47.5 Å².